The number of aromatic nitrogens is 1. The van der Waals surface area contributed by atoms with E-state index in [0.29, 0.717) is 30.6 Å². The van der Waals surface area contributed by atoms with Crippen molar-refractivity contribution < 1.29 is 24.6 Å². The molecule has 0 bridgehead atoms. The van der Waals surface area contributed by atoms with Gasteiger partial charge in [-0.2, -0.15) is 0 Å². The van der Waals surface area contributed by atoms with Crippen LogP contribution in [0.3, 0.4) is 0 Å². The fourth-order valence-corrected chi connectivity index (χ4v) is 6.29. The van der Waals surface area contributed by atoms with E-state index in [2.05, 4.69) is 10.3 Å². The molecule has 43 heavy (non-hydrogen) atoms. The predicted octanol–water partition coefficient (Wildman–Crippen LogP) is 4.89. The number of benzene rings is 2. The Hall–Kier alpha value is -3.76. The summed E-state index contributed by atoms with van der Waals surface area (Å²) in [5, 5.41) is 22.0. The van der Waals surface area contributed by atoms with Gasteiger partial charge in [-0.3, -0.25) is 14.4 Å². The number of likely N-dealkylation sites (tertiary alicyclic amines) is 1. The summed E-state index contributed by atoms with van der Waals surface area (Å²) in [5.74, 6) is -0.591. The molecular formula is C33H42N4O5S. The average molecular weight is 607 g/mol. The maximum Gasteiger partial charge on any atom is 0.255 e. The van der Waals surface area contributed by atoms with Gasteiger partial charge in [0.1, 0.15) is 17.8 Å². The van der Waals surface area contributed by atoms with Crippen LogP contribution in [0, 0.1) is 12.8 Å². The van der Waals surface area contributed by atoms with Crippen LogP contribution in [0.4, 0.5) is 0 Å². The van der Waals surface area contributed by atoms with Crippen molar-refractivity contribution in [1.29, 1.82) is 0 Å². The number of hydrogen-bond acceptors (Lipinski definition) is 7. The molecule has 2 aliphatic rings. The predicted molar refractivity (Wildman–Crippen MR) is 167 cm³/mol. The van der Waals surface area contributed by atoms with Crippen LogP contribution in [0.5, 0.6) is 5.75 Å². The second-order valence-electron chi connectivity index (χ2n) is 12.5. The van der Waals surface area contributed by atoms with Gasteiger partial charge >= 0.3 is 0 Å². The van der Waals surface area contributed by atoms with Crippen molar-refractivity contribution in [2.45, 2.75) is 85.2 Å². The number of aryl methyl sites for hydroxylation is 1. The van der Waals surface area contributed by atoms with E-state index in [9.17, 15) is 19.5 Å². The first-order valence-electron chi connectivity index (χ1n) is 14.7. The number of carbonyl (C=O) groups excluding carboxylic acids is 3. The molecule has 3 aromatic rings. The Balaban J connectivity index is 0.000000782. The van der Waals surface area contributed by atoms with Gasteiger partial charge in [-0.1, -0.05) is 44.2 Å². The maximum absolute atomic E-state index is 13.8. The van der Waals surface area contributed by atoms with Gasteiger partial charge in [-0.15, -0.1) is 11.3 Å². The number of fused-ring (bicyclic) bond motifs is 1. The summed E-state index contributed by atoms with van der Waals surface area (Å²) in [6, 6.07) is 11.6. The zero-order chi connectivity index (χ0) is 31.5. The monoisotopic (exact) mass is 606 g/mol. The third kappa shape index (κ3) is 7.61. The number of nitrogens with zero attached hydrogens (tertiary/aromatic N) is 3. The topological polar surface area (TPSA) is 123 Å². The Bertz CT molecular complexity index is 1470. The van der Waals surface area contributed by atoms with E-state index in [1.54, 1.807) is 54.3 Å². The Morgan fingerprint density at radius 3 is 2.47 bits per heavy atom. The molecule has 2 aromatic carbocycles. The lowest BCUT2D eigenvalue weighted by Gasteiger charge is -2.35. The number of amides is 3. The van der Waals surface area contributed by atoms with Crippen LogP contribution in [0.15, 0.2) is 48.0 Å². The number of aliphatic hydroxyl groups is 1. The van der Waals surface area contributed by atoms with E-state index < -0.39 is 17.7 Å². The summed E-state index contributed by atoms with van der Waals surface area (Å²) in [6.45, 7) is 12.0. The quantitative estimate of drug-likeness (QED) is 0.352. The van der Waals surface area contributed by atoms with Gasteiger partial charge in [0.2, 0.25) is 11.8 Å². The van der Waals surface area contributed by atoms with E-state index in [-0.39, 0.29) is 35.9 Å². The minimum Gasteiger partial charge on any atom is -0.508 e. The molecule has 1 fully saturated rings. The van der Waals surface area contributed by atoms with E-state index >= 15 is 0 Å². The number of hydrogen-bond donors (Lipinski definition) is 3. The molecule has 1 aromatic heterocycles. The summed E-state index contributed by atoms with van der Waals surface area (Å²) in [4.78, 5) is 48.7. The van der Waals surface area contributed by atoms with Gasteiger partial charge in [0.05, 0.1) is 21.7 Å². The third-order valence-electron chi connectivity index (χ3n) is 7.45. The molecule has 3 amide bonds. The van der Waals surface area contributed by atoms with Gasteiger partial charge in [0.25, 0.3) is 5.91 Å². The number of carbonyl (C=O) groups is 3. The van der Waals surface area contributed by atoms with E-state index in [1.165, 1.54) is 11.3 Å². The first-order valence-corrected chi connectivity index (χ1v) is 15.6. The molecule has 230 valence electrons. The van der Waals surface area contributed by atoms with E-state index in [1.807, 2.05) is 45.0 Å². The highest BCUT2D eigenvalue weighted by atomic mass is 32.1. The van der Waals surface area contributed by atoms with Crippen LogP contribution >= 0.6 is 11.3 Å². The van der Waals surface area contributed by atoms with Crippen LogP contribution in [0.1, 0.15) is 74.6 Å². The van der Waals surface area contributed by atoms with Crippen molar-refractivity contribution >= 4 is 29.1 Å². The van der Waals surface area contributed by atoms with Crippen molar-refractivity contribution in [3.63, 3.8) is 0 Å². The SMILES string of the molecule is CC(C)(C)O.Cc1ncsc1-c1ccc(CNC(=O)C2CCCN2C(=O)C(C(C)C)N2Cc3ccccc3C2=O)c(O)c1. The molecule has 10 heteroatoms. The van der Waals surface area contributed by atoms with E-state index in [4.69, 9.17) is 5.11 Å². The summed E-state index contributed by atoms with van der Waals surface area (Å²) in [6.07, 6.45) is 1.28. The van der Waals surface area contributed by atoms with Crippen molar-refractivity contribution in [1.82, 2.24) is 20.1 Å². The molecular weight excluding hydrogens is 564 g/mol. The van der Waals surface area contributed by atoms with Crippen molar-refractivity contribution in [2.75, 3.05) is 6.54 Å². The number of phenolic OH excluding ortho intramolecular Hbond substituents is 1. The smallest absolute Gasteiger partial charge is 0.255 e. The summed E-state index contributed by atoms with van der Waals surface area (Å²) in [7, 11) is 0. The van der Waals surface area contributed by atoms with Crippen LogP contribution in [-0.4, -0.2) is 66.9 Å². The molecule has 9 nitrogen and oxygen atoms in total. The lowest BCUT2D eigenvalue weighted by molar-refractivity contribution is -0.143. The number of thiazole rings is 1. The van der Waals surface area contributed by atoms with Crippen LogP contribution < -0.4 is 5.32 Å². The lowest BCUT2D eigenvalue weighted by Crippen LogP contribution is -2.55. The van der Waals surface area contributed by atoms with E-state index in [0.717, 1.165) is 28.1 Å². The molecule has 1 saturated heterocycles. The Morgan fingerprint density at radius 2 is 1.86 bits per heavy atom. The first-order chi connectivity index (χ1) is 20.3. The molecule has 2 unspecified atom stereocenters. The van der Waals surface area contributed by atoms with Gasteiger partial charge in [-0.25, -0.2) is 4.98 Å². The second kappa shape index (κ2) is 13.3. The minimum atomic E-state index is -0.643. The van der Waals surface area contributed by atoms with Gasteiger partial charge < -0.3 is 25.3 Å². The van der Waals surface area contributed by atoms with Crippen LogP contribution in [-0.2, 0) is 22.7 Å². The zero-order valence-electron chi connectivity index (χ0n) is 25.8. The maximum atomic E-state index is 13.8. The van der Waals surface area contributed by atoms with Crippen molar-refractivity contribution in [3.8, 4) is 16.2 Å². The third-order valence-corrected chi connectivity index (χ3v) is 8.43. The number of rotatable bonds is 7. The lowest BCUT2D eigenvalue weighted by atomic mass is 10.0. The molecule has 5 rings (SSSR count). The normalized spacial score (nSPS) is 17.0. The molecule has 0 radical (unpaired) electrons. The van der Waals surface area contributed by atoms with Gasteiger partial charge in [0.15, 0.2) is 0 Å². The average Bonchev–Trinajstić information content (AvgIpc) is 3.66. The summed E-state index contributed by atoms with van der Waals surface area (Å²) < 4.78 is 0. The highest BCUT2D eigenvalue weighted by Crippen LogP contribution is 2.32. The second-order valence-corrected chi connectivity index (χ2v) is 13.3. The Kier molecular flexibility index (Phi) is 9.92. The van der Waals surface area contributed by atoms with Crippen LogP contribution in [0.2, 0.25) is 0 Å². The highest BCUT2D eigenvalue weighted by molar-refractivity contribution is 7.13. The molecule has 2 atom stereocenters. The summed E-state index contributed by atoms with van der Waals surface area (Å²) in [5.41, 5.74) is 5.21. The van der Waals surface area contributed by atoms with Gasteiger partial charge in [-0.05, 0) is 69.7 Å². The van der Waals surface area contributed by atoms with Crippen LogP contribution in [0.25, 0.3) is 10.4 Å². The standard InChI is InChI=1S/C29H32N4O4S.C4H10O/c1-17(2)25(33-15-21-7-4-5-8-22(21)28(33)36)29(37)32-12-6-9-23(32)27(35)30-14-20-11-10-19(13-24(20)34)26-18(3)31-16-38-26;1-4(2,3)5/h4-5,7-8,10-11,13,16-17,23,25,34H,6,9,12,14-15H2,1-3H3,(H,30,35);5H,1-3H3. The van der Waals surface area contributed by atoms with Crippen molar-refractivity contribution in [3.05, 3.63) is 70.4 Å². The van der Waals surface area contributed by atoms with Gasteiger partial charge in [0, 0.05) is 30.8 Å². The molecule has 0 saturated carbocycles. The molecule has 2 aliphatic heterocycles. The number of aromatic hydroxyl groups is 1. The Labute approximate surface area is 257 Å². The Morgan fingerprint density at radius 1 is 1.16 bits per heavy atom. The highest BCUT2D eigenvalue weighted by Gasteiger charge is 2.43. The summed E-state index contributed by atoms with van der Waals surface area (Å²) >= 11 is 1.51. The molecule has 0 aliphatic carbocycles. The molecule has 3 heterocycles. The largest absolute Gasteiger partial charge is 0.508 e. The molecule has 0 spiro atoms. The molecule has 3 N–H and O–H groups in total. The number of phenols is 1. The fraction of sp³-hybridized carbons (Fsp3) is 0.455. The minimum absolute atomic E-state index is 0.0990. The fourth-order valence-electron chi connectivity index (χ4n) is 5.49. The zero-order valence-corrected chi connectivity index (χ0v) is 26.6. The number of nitrogens with one attached hydrogen (secondary N) is 1. The van der Waals surface area contributed by atoms with Crippen molar-refractivity contribution in [2.24, 2.45) is 5.92 Å². The first kappa shape index (κ1) is 32.2.